The summed E-state index contributed by atoms with van der Waals surface area (Å²) in [7, 11) is 0. The summed E-state index contributed by atoms with van der Waals surface area (Å²) in [4.78, 5) is 10.4. The molecule has 0 aliphatic carbocycles. The predicted molar refractivity (Wildman–Crippen MR) is 76.5 cm³/mol. The second-order valence-corrected chi connectivity index (χ2v) is 5.14. The van der Waals surface area contributed by atoms with Gasteiger partial charge >= 0.3 is 0 Å². The van der Waals surface area contributed by atoms with Gasteiger partial charge in [-0.15, -0.1) is 0 Å². The van der Waals surface area contributed by atoms with E-state index in [0.717, 1.165) is 25.9 Å². The lowest BCUT2D eigenvalue weighted by Gasteiger charge is -2.29. The fraction of sp³-hybridized carbons (Fsp3) is 0.500. The van der Waals surface area contributed by atoms with Crippen molar-refractivity contribution in [2.24, 2.45) is 5.92 Å². The van der Waals surface area contributed by atoms with Crippen LogP contribution in [0.1, 0.15) is 25.3 Å². The third kappa shape index (κ3) is 3.25. The molecule has 0 amide bonds. The van der Waals surface area contributed by atoms with Crippen molar-refractivity contribution in [3.8, 4) is 6.07 Å². The molecule has 1 aliphatic heterocycles. The standard InChI is InChI=1S/C14H18N4O2/c1-10(12-3-2-6-16-9-12)17-13-5-4-11(8-15)14(7-13)18(19)20/h4-5,7,10,12,16-17H,2-3,6,9H2,1H3. The summed E-state index contributed by atoms with van der Waals surface area (Å²) in [5.41, 5.74) is 0.632. The Morgan fingerprint density at radius 1 is 1.60 bits per heavy atom. The van der Waals surface area contributed by atoms with E-state index in [4.69, 9.17) is 5.26 Å². The molecule has 2 atom stereocenters. The first-order valence-electron chi connectivity index (χ1n) is 6.77. The van der Waals surface area contributed by atoms with Crippen molar-refractivity contribution in [3.63, 3.8) is 0 Å². The van der Waals surface area contributed by atoms with E-state index in [9.17, 15) is 10.1 Å². The molecule has 0 spiro atoms. The topological polar surface area (TPSA) is 91.0 Å². The van der Waals surface area contributed by atoms with E-state index in [-0.39, 0.29) is 17.3 Å². The Kier molecular flexibility index (Phi) is 4.53. The fourth-order valence-corrected chi connectivity index (χ4v) is 2.55. The highest BCUT2D eigenvalue weighted by Crippen LogP contribution is 2.25. The minimum absolute atomic E-state index is 0.0903. The first-order chi connectivity index (χ1) is 9.61. The zero-order valence-corrected chi connectivity index (χ0v) is 11.4. The molecule has 106 valence electrons. The molecule has 6 heteroatoms. The molecule has 0 saturated carbocycles. The van der Waals surface area contributed by atoms with Crippen molar-refractivity contribution in [3.05, 3.63) is 33.9 Å². The van der Waals surface area contributed by atoms with Crippen molar-refractivity contribution < 1.29 is 4.92 Å². The van der Waals surface area contributed by atoms with Crippen LogP contribution in [0.5, 0.6) is 0 Å². The number of nitro benzene ring substituents is 1. The number of rotatable bonds is 4. The molecule has 1 fully saturated rings. The quantitative estimate of drug-likeness (QED) is 0.649. The predicted octanol–water partition coefficient (Wildman–Crippen LogP) is 2.27. The number of benzene rings is 1. The zero-order valence-electron chi connectivity index (χ0n) is 11.4. The average Bonchev–Trinajstić information content (AvgIpc) is 2.48. The Morgan fingerprint density at radius 2 is 2.40 bits per heavy atom. The number of nitriles is 1. The minimum atomic E-state index is -0.517. The van der Waals surface area contributed by atoms with Crippen LogP contribution < -0.4 is 10.6 Å². The van der Waals surface area contributed by atoms with Crippen LogP contribution in [0.4, 0.5) is 11.4 Å². The largest absolute Gasteiger partial charge is 0.382 e. The number of anilines is 1. The second kappa shape index (κ2) is 6.35. The maximum atomic E-state index is 10.9. The van der Waals surface area contributed by atoms with Crippen LogP contribution in [0.2, 0.25) is 0 Å². The van der Waals surface area contributed by atoms with Crippen LogP contribution >= 0.6 is 0 Å². The molecular weight excluding hydrogens is 256 g/mol. The van der Waals surface area contributed by atoms with E-state index in [0.29, 0.717) is 11.6 Å². The molecule has 1 aromatic carbocycles. The molecule has 6 nitrogen and oxygen atoms in total. The van der Waals surface area contributed by atoms with Gasteiger partial charge in [0.2, 0.25) is 0 Å². The first-order valence-corrected chi connectivity index (χ1v) is 6.77. The maximum Gasteiger partial charge on any atom is 0.289 e. The molecule has 2 N–H and O–H groups in total. The summed E-state index contributed by atoms with van der Waals surface area (Å²) in [5.74, 6) is 0.512. The summed E-state index contributed by atoms with van der Waals surface area (Å²) in [6.07, 6.45) is 2.31. The minimum Gasteiger partial charge on any atom is -0.382 e. The van der Waals surface area contributed by atoms with Gasteiger partial charge in [-0.05, 0) is 50.9 Å². The van der Waals surface area contributed by atoms with Crippen LogP contribution in [0, 0.1) is 27.4 Å². The lowest BCUT2D eigenvalue weighted by molar-refractivity contribution is -0.385. The molecule has 0 bridgehead atoms. The summed E-state index contributed by atoms with van der Waals surface area (Å²) >= 11 is 0. The van der Waals surface area contributed by atoms with E-state index in [1.165, 1.54) is 12.1 Å². The van der Waals surface area contributed by atoms with Crippen LogP contribution in [-0.4, -0.2) is 24.1 Å². The van der Waals surface area contributed by atoms with E-state index in [1.807, 2.05) is 6.07 Å². The smallest absolute Gasteiger partial charge is 0.289 e. The van der Waals surface area contributed by atoms with Gasteiger partial charge in [-0.1, -0.05) is 0 Å². The van der Waals surface area contributed by atoms with Crippen molar-refractivity contribution >= 4 is 11.4 Å². The lowest BCUT2D eigenvalue weighted by Crippen LogP contribution is -2.38. The number of hydrogen-bond acceptors (Lipinski definition) is 5. The molecular formula is C14H18N4O2. The van der Waals surface area contributed by atoms with Crippen LogP contribution in [0.25, 0.3) is 0 Å². The molecule has 1 heterocycles. The summed E-state index contributed by atoms with van der Waals surface area (Å²) in [6.45, 7) is 4.11. The third-order valence-electron chi connectivity index (χ3n) is 3.75. The molecule has 2 rings (SSSR count). The highest BCUT2D eigenvalue weighted by atomic mass is 16.6. The number of hydrogen-bond donors (Lipinski definition) is 2. The monoisotopic (exact) mass is 274 g/mol. The molecule has 2 unspecified atom stereocenters. The normalized spacial score (nSPS) is 19.9. The Morgan fingerprint density at radius 3 is 3.00 bits per heavy atom. The van der Waals surface area contributed by atoms with Crippen LogP contribution in [0.15, 0.2) is 18.2 Å². The van der Waals surface area contributed by atoms with Crippen LogP contribution in [-0.2, 0) is 0 Å². The van der Waals surface area contributed by atoms with Gasteiger partial charge in [0, 0.05) is 17.8 Å². The molecule has 0 aromatic heterocycles. The number of piperidine rings is 1. The van der Waals surface area contributed by atoms with Gasteiger partial charge < -0.3 is 10.6 Å². The summed E-state index contributed by atoms with van der Waals surface area (Å²) in [6, 6.07) is 6.72. The fourth-order valence-electron chi connectivity index (χ4n) is 2.55. The number of nitrogens with zero attached hydrogens (tertiary/aromatic N) is 2. The highest BCUT2D eigenvalue weighted by molar-refractivity contribution is 5.59. The lowest BCUT2D eigenvalue weighted by atomic mass is 9.92. The molecule has 20 heavy (non-hydrogen) atoms. The number of nitrogens with one attached hydrogen (secondary N) is 2. The van der Waals surface area contributed by atoms with Crippen molar-refractivity contribution in [2.45, 2.75) is 25.8 Å². The molecule has 0 radical (unpaired) electrons. The Hall–Kier alpha value is -2.13. The molecule has 1 aromatic rings. The van der Waals surface area contributed by atoms with Gasteiger partial charge in [0.05, 0.1) is 4.92 Å². The third-order valence-corrected chi connectivity index (χ3v) is 3.75. The Balaban J connectivity index is 2.11. The average molecular weight is 274 g/mol. The second-order valence-electron chi connectivity index (χ2n) is 5.14. The van der Waals surface area contributed by atoms with Gasteiger partial charge in [0.1, 0.15) is 11.6 Å². The Labute approximate surface area is 117 Å². The van der Waals surface area contributed by atoms with E-state index in [2.05, 4.69) is 17.6 Å². The SMILES string of the molecule is CC(Nc1ccc(C#N)c([N+](=O)[O-])c1)C1CCCNC1. The summed E-state index contributed by atoms with van der Waals surface area (Å²) < 4.78 is 0. The van der Waals surface area contributed by atoms with Gasteiger partial charge in [0.25, 0.3) is 5.69 Å². The van der Waals surface area contributed by atoms with E-state index >= 15 is 0 Å². The Bertz CT molecular complexity index is 532. The number of nitro groups is 1. The zero-order chi connectivity index (χ0) is 14.5. The molecule has 1 saturated heterocycles. The highest BCUT2D eigenvalue weighted by Gasteiger charge is 2.21. The van der Waals surface area contributed by atoms with Gasteiger partial charge in [-0.3, -0.25) is 10.1 Å². The van der Waals surface area contributed by atoms with Crippen molar-refractivity contribution in [1.82, 2.24) is 5.32 Å². The van der Waals surface area contributed by atoms with E-state index in [1.54, 1.807) is 6.07 Å². The molecule has 1 aliphatic rings. The van der Waals surface area contributed by atoms with E-state index < -0.39 is 4.92 Å². The first kappa shape index (κ1) is 14.3. The van der Waals surface area contributed by atoms with Gasteiger partial charge in [-0.2, -0.15) is 5.26 Å². The van der Waals surface area contributed by atoms with Crippen LogP contribution in [0.3, 0.4) is 0 Å². The summed E-state index contributed by atoms with van der Waals surface area (Å²) in [5, 5.41) is 26.5. The maximum absolute atomic E-state index is 10.9. The van der Waals surface area contributed by atoms with Crippen molar-refractivity contribution in [2.75, 3.05) is 18.4 Å². The van der Waals surface area contributed by atoms with Gasteiger partial charge in [0.15, 0.2) is 0 Å². The van der Waals surface area contributed by atoms with Gasteiger partial charge in [-0.25, -0.2) is 0 Å². The van der Waals surface area contributed by atoms with Crippen molar-refractivity contribution in [1.29, 1.82) is 5.26 Å².